The highest BCUT2D eigenvalue weighted by Crippen LogP contribution is 2.10. The van der Waals surface area contributed by atoms with Crippen molar-refractivity contribution in [2.45, 2.75) is 25.8 Å². The van der Waals surface area contributed by atoms with E-state index in [-0.39, 0.29) is 11.4 Å². The van der Waals surface area contributed by atoms with E-state index in [1.54, 1.807) is 0 Å². The van der Waals surface area contributed by atoms with Gasteiger partial charge in [-0.3, -0.25) is 4.79 Å². The first-order chi connectivity index (χ1) is 7.03. The molecule has 0 spiro atoms. The molecule has 0 aliphatic rings. The molecule has 0 atom stereocenters. The molecule has 1 amide bonds. The van der Waals surface area contributed by atoms with Gasteiger partial charge in [-0.2, -0.15) is 0 Å². The smallest absolute Gasteiger partial charge is 0.226 e. The number of hydrogen-bond donors (Lipinski definition) is 2. The molecular weight excluding hydrogens is 188 g/mol. The number of benzene rings is 1. The molecule has 0 unspecified atom stereocenters. The molecule has 0 heterocycles. The predicted molar refractivity (Wildman–Crippen MR) is 62.8 cm³/mol. The lowest BCUT2D eigenvalue weighted by Crippen LogP contribution is -2.39. The van der Waals surface area contributed by atoms with Crippen molar-refractivity contribution >= 4 is 11.6 Å². The fourth-order valence-corrected chi connectivity index (χ4v) is 1.22. The van der Waals surface area contributed by atoms with Crippen LogP contribution in [-0.2, 0) is 4.79 Å². The third-order valence-electron chi connectivity index (χ3n) is 2.34. The zero-order valence-electron chi connectivity index (χ0n) is 9.50. The third kappa shape index (κ3) is 4.13. The molecule has 3 heteroatoms. The van der Waals surface area contributed by atoms with Gasteiger partial charge in [0.2, 0.25) is 5.91 Å². The molecule has 2 N–H and O–H groups in total. The van der Waals surface area contributed by atoms with Crippen LogP contribution in [0.1, 0.15) is 20.3 Å². The summed E-state index contributed by atoms with van der Waals surface area (Å²) in [5.41, 5.74) is 0.674. The molecule has 1 aromatic carbocycles. The van der Waals surface area contributed by atoms with Crippen molar-refractivity contribution < 1.29 is 4.79 Å². The summed E-state index contributed by atoms with van der Waals surface area (Å²) < 4.78 is 0. The number of rotatable bonds is 4. The van der Waals surface area contributed by atoms with Crippen LogP contribution in [0.25, 0.3) is 0 Å². The second kappa shape index (κ2) is 4.94. The van der Waals surface area contributed by atoms with E-state index in [2.05, 4.69) is 10.6 Å². The van der Waals surface area contributed by atoms with Crippen molar-refractivity contribution in [3.8, 4) is 0 Å². The lowest BCUT2D eigenvalue weighted by molar-refractivity contribution is -0.117. The number of carbonyl (C=O) groups is 1. The van der Waals surface area contributed by atoms with Gasteiger partial charge in [-0.25, -0.2) is 0 Å². The Morgan fingerprint density at radius 1 is 1.27 bits per heavy atom. The normalized spacial score (nSPS) is 11.1. The molecule has 1 aromatic rings. The van der Waals surface area contributed by atoms with Crippen LogP contribution < -0.4 is 10.6 Å². The second-order valence-corrected chi connectivity index (χ2v) is 4.22. The summed E-state index contributed by atoms with van der Waals surface area (Å²) in [6.07, 6.45) is 0.457. The van der Waals surface area contributed by atoms with Gasteiger partial charge >= 0.3 is 0 Å². The zero-order chi connectivity index (χ0) is 11.3. The van der Waals surface area contributed by atoms with Gasteiger partial charge in [0.05, 0.1) is 0 Å². The summed E-state index contributed by atoms with van der Waals surface area (Å²) in [4.78, 5) is 11.6. The number of carbonyl (C=O) groups excluding carboxylic acids is 1. The first-order valence-corrected chi connectivity index (χ1v) is 5.07. The summed E-state index contributed by atoms with van der Waals surface area (Å²) in [6.45, 7) is 4.00. The summed E-state index contributed by atoms with van der Waals surface area (Å²) in [7, 11) is 1.86. The van der Waals surface area contributed by atoms with Crippen LogP contribution in [0.4, 0.5) is 5.69 Å². The predicted octanol–water partition coefficient (Wildman–Crippen LogP) is 2.01. The lowest BCUT2D eigenvalue weighted by Gasteiger charge is -2.22. The number of hydrogen-bond acceptors (Lipinski definition) is 2. The summed E-state index contributed by atoms with van der Waals surface area (Å²) >= 11 is 0. The summed E-state index contributed by atoms with van der Waals surface area (Å²) in [5.74, 6) is 0.0283. The van der Waals surface area contributed by atoms with Crippen LogP contribution in [0.3, 0.4) is 0 Å². The molecule has 0 aliphatic carbocycles. The van der Waals surface area contributed by atoms with Gasteiger partial charge in [-0.05, 0) is 33.0 Å². The highest BCUT2D eigenvalue weighted by molar-refractivity contribution is 5.91. The van der Waals surface area contributed by atoms with Crippen molar-refractivity contribution in [1.29, 1.82) is 0 Å². The van der Waals surface area contributed by atoms with E-state index in [1.165, 1.54) is 0 Å². The number of anilines is 1. The first-order valence-electron chi connectivity index (χ1n) is 5.07. The minimum absolute atomic E-state index is 0.0283. The van der Waals surface area contributed by atoms with Crippen LogP contribution in [0, 0.1) is 0 Å². The van der Waals surface area contributed by atoms with Crippen LogP contribution in [0.5, 0.6) is 0 Å². The van der Waals surface area contributed by atoms with E-state index in [4.69, 9.17) is 0 Å². The van der Waals surface area contributed by atoms with Crippen LogP contribution in [0.15, 0.2) is 30.3 Å². The van der Waals surface area contributed by atoms with Crippen LogP contribution in [0.2, 0.25) is 0 Å². The van der Waals surface area contributed by atoms with E-state index in [0.29, 0.717) is 6.42 Å². The van der Waals surface area contributed by atoms with Gasteiger partial charge in [0.25, 0.3) is 0 Å². The average molecular weight is 206 g/mol. The fourth-order valence-electron chi connectivity index (χ4n) is 1.22. The third-order valence-corrected chi connectivity index (χ3v) is 2.34. The van der Waals surface area contributed by atoms with Gasteiger partial charge in [-0.15, -0.1) is 0 Å². The molecule has 0 saturated heterocycles. The maximum Gasteiger partial charge on any atom is 0.226 e. The number of nitrogens with one attached hydrogen (secondary N) is 2. The van der Waals surface area contributed by atoms with E-state index >= 15 is 0 Å². The molecule has 0 bridgehead atoms. The highest BCUT2D eigenvalue weighted by Gasteiger charge is 2.19. The largest absolute Gasteiger partial charge is 0.326 e. The Hall–Kier alpha value is -1.35. The Bertz CT molecular complexity index is 320. The van der Waals surface area contributed by atoms with Crippen molar-refractivity contribution in [1.82, 2.24) is 5.32 Å². The number of para-hydroxylation sites is 1. The van der Waals surface area contributed by atoms with Crippen LogP contribution in [-0.4, -0.2) is 18.5 Å². The Kier molecular flexibility index (Phi) is 3.86. The minimum atomic E-state index is -0.168. The lowest BCUT2D eigenvalue weighted by atomic mass is 10.0. The molecular formula is C12H18N2O. The van der Waals surface area contributed by atoms with Gasteiger partial charge in [0, 0.05) is 17.6 Å². The molecule has 1 rings (SSSR count). The zero-order valence-corrected chi connectivity index (χ0v) is 9.50. The van der Waals surface area contributed by atoms with Gasteiger partial charge in [0.15, 0.2) is 0 Å². The van der Waals surface area contributed by atoms with E-state index < -0.39 is 0 Å². The SMILES string of the molecule is CNC(C)(C)CC(=O)Nc1ccccc1. The van der Waals surface area contributed by atoms with E-state index in [0.717, 1.165) is 5.69 Å². The average Bonchev–Trinajstić information content (AvgIpc) is 2.18. The fraction of sp³-hybridized carbons (Fsp3) is 0.417. The second-order valence-electron chi connectivity index (χ2n) is 4.22. The molecule has 15 heavy (non-hydrogen) atoms. The van der Waals surface area contributed by atoms with Crippen molar-refractivity contribution in [2.24, 2.45) is 0 Å². The first kappa shape index (κ1) is 11.7. The monoisotopic (exact) mass is 206 g/mol. The van der Waals surface area contributed by atoms with Crippen LogP contribution >= 0.6 is 0 Å². The minimum Gasteiger partial charge on any atom is -0.326 e. The topological polar surface area (TPSA) is 41.1 Å². The molecule has 82 valence electrons. The number of amides is 1. The quantitative estimate of drug-likeness (QED) is 0.791. The maximum absolute atomic E-state index is 11.6. The molecule has 0 fully saturated rings. The van der Waals surface area contributed by atoms with Gasteiger partial charge in [-0.1, -0.05) is 18.2 Å². The van der Waals surface area contributed by atoms with Gasteiger partial charge in [0.1, 0.15) is 0 Å². The van der Waals surface area contributed by atoms with E-state index in [1.807, 2.05) is 51.2 Å². The molecule has 0 radical (unpaired) electrons. The highest BCUT2D eigenvalue weighted by atomic mass is 16.1. The van der Waals surface area contributed by atoms with E-state index in [9.17, 15) is 4.79 Å². The summed E-state index contributed by atoms with van der Waals surface area (Å²) in [5, 5.41) is 5.95. The Balaban J connectivity index is 2.51. The molecule has 0 aromatic heterocycles. The van der Waals surface area contributed by atoms with Crippen molar-refractivity contribution in [3.05, 3.63) is 30.3 Å². The standard InChI is InChI=1S/C12H18N2O/c1-12(2,13-3)9-11(15)14-10-7-5-4-6-8-10/h4-8,13H,9H2,1-3H3,(H,14,15). The Labute approximate surface area is 90.9 Å². The maximum atomic E-state index is 11.6. The Morgan fingerprint density at radius 2 is 1.87 bits per heavy atom. The summed E-state index contributed by atoms with van der Waals surface area (Å²) in [6, 6.07) is 9.49. The molecule has 0 saturated carbocycles. The van der Waals surface area contributed by atoms with Crippen molar-refractivity contribution in [2.75, 3.05) is 12.4 Å². The Morgan fingerprint density at radius 3 is 2.40 bits per heavy atom. The van der Waals surface area contributed by atoms with Crippen molar-refractivity contribution in [3.63, 3.8) is 0 Å². The molecule has 0 aliphatic heterocycles. The molecule has 3 nitrogen and oxygen atoms in total. The van der Waals surface area contributed by atoms with Gasteiger partial charge < -0.3 is 10.6 Å².